The van der Waals surface area contributed by atoms with Gasteiger partial charge in [0, 0.05) is 58.5 Å². The number of hydrogen-bond acceptors (Lipinski definition) is 6. The molecule has 0 nitrogen and oxygen atoms in total. The first-order chi connectivity index (χ1) is 27.5. The molecule has 0 aliphatic heterocycles. The minimum atomic E-state index is -0.218. The second kappa shape index (κ2) is 15.1. The van der Waals surface area contributed by atoms with Crippen LogP contribution < -0.4 is 0 Å². The lowest BCUT2D eigenvalue weighted by atomic mass is 10.0. The van der Waals surface area contributed by atoms with E-state index in [0.717, 1.165) is 22.3 Å². The molecule has 0 atom stereocenters. The number of thiophene rings is 6. The molecule has 0 radical (unpaired) electrons. The first-order valence-corrected chi connectivity index (χ1v) is 22.7. The van der Waals surface area contributed by atoms with Crippen LogP contribution >= 0.6 is 68.0 Å². The molecule has 0 fully saturated rings. The van der Waals surface area contributed by atoms with Crippen molar-refractivity contribution in [2.45, 2.75) is 0 Å². The van der Waals surface area contributed by atoms with E-state index in [2.05, 4.69) is 121 Å². The van der Waals surface area contributed by atoms with E-state index >= 15 is 0 Å². The first kappa shape index (κ1) is 35.4. The molecule has 0 bridgehead atoms. The largest absolute Gasteiger partial charge is 0.207 e. The van der Waals surface area contributed by atoms with Crippen molar-refractivity contribution in [2.24, 2.45) is 0 Å². The van der Waals surface area contributed by atoms with E-state index in [4.69, 9.17) is 0 Å². The Kier molecular flexibility index (Phi) is 9.55. The summed E-state index contributed by atoms with van der Waals surface area (Å²) in [5, 5.41) is 0. The third kappa shape index (κ3) is 7.21. The van der Waals surface area contributed by atoms with Crippen LogP contribution in [0.3, 0.4) is 0 Å². The Hall–Kier alpha value is -5.06. The van der Waals surface area contributed by atoms with Gasteiger partial charge in [-0.1, -0.05) is 72.8 Å². The Labute approximate surface area is 347 Å². The summed E-state index contributed by atoms with van der Waals surface area (Å²) in [7, 11) is 0. The molecule has 0 spiro atoms. The van der Waals surface area contributed by atoms with Gasteiger partial charge in [0.15, 0.2) is 0 Å². The molecular weight excluding hydrogens is 807 g/mol. The number of hydrogen-bond donors (Lipinski definition) is 0. The number of rotatable bonds is 9. The van der Waals surface area contributed by atoms with Gasteiger partial charge in [-0.3, -0.25) is 0 Å². The van der Waals surface area contributed by atoms with Gasteiger partial charge in [-0.2, -0.15) is 0 Å². The van der Waals surface area contributed by atoms with E-state index in [9.17, 15) is 8.78 Å². The van der Waals surface area contributed by atoms with Gasteiger partial charge < -0.3 is 0 Å². The van der Waals surface area contributed by atoms with Crippen molar-refractivity contribution in [3.8, 4) is 91.9 Å². The average molecular weight is 835 g/mol. The second-order valence-electron chi connectivity index (χ2n) is 13.2. The summed E-state index contributed by atoms with van der Waals surface area (Å²) in [5.74, 6) is -0.437. The van der Waals surface area contributed by atoms with Crippen LogP contribution in [0.1, 0.15) is 0 Å². The van der Waals surface area contributed by atoms with Crippen LogP contribution in [0.2, 0.25) is 0 Å². The van der Waals surface area contributed by atoms with Gasteiger partial charge in [-0.25, -0.2) is 8.78 Å². The number of benzene rings is 4. The molecule has 6 heterocycles. The van der Waals surface area contributed by atoms with E-state index in [-0.39, 0.29) is 11.6 Å². The van der Waals surface area contributed by atoms with Crippen molar-refractivity contribution in [3.05, 3.63) is 181 Å². The lowest BCUT2D eigenvalue weighted by molar-refractivity contribution is 0.627. The van der Waals surface area contributed by atoms with Crippen LogP contribution in [0.25, 0.3) is 91.9 Å². The molecule has 0 saturated carbocycles. The molecule has 0 N–H and O–H groups in total. The standard InChI is InChI=1S/C48H28F2S6/c49-35-13-9-31(10-14-35)29-1-5-33(6-2-29)37-17-19-39(51-37)41-21-23-43(53-41)45-25-27-47(55-45)48-28-26-46(56-48)44-24-22-42(54-44)40-20-18-38(52-40)34-7-3-30(4-8-34)32-11-15-36(50)16-12-32/h1-28H. The minimum Gasteiger partial charge on any atom is -0.207 e. The van der Waals surface area contributed by atoms with Crippen molar-refractivity contribution < 1.29 is 8.78 Å². The van der Waals surface area contributed by atoms with Crippen molar-refractivity contribution in [2.75, 3.05) is 0 Å². The fraction of sp³-hybridized carbons (Fsp3) is 0. The topological polar surface area (TPSA) is 0 Å². The zero-order chi connectivity index (χ0) is 37.6. The monoisotopic (exact) mass is 834 g/mol. The summed E-state index contributed by atoms with van der Waals surface area (Å²) < 4.78 is 26.7. The van der Waals surface area contributed by atoms with Crippen molar-refractivity contribution in [1.82, 2.24) is 0 Å². The molecular formula is C48H28F2S6. The Morgan fingerprint density at radius 3 is 0.571 bits per heavy atom. The predicted molar refractivity (Wildman–Crippen MR) is 243 cm³/mol. The average Bonchev–Trinajstić information content (AvgIpc) is 4.08. The summed E-state index contributed by atoms with van der Waals surface area (Å²) in [6.07, 6.45) is 0. The third-order valence-corrected chi connectivity index (χ3v) is 17.1. The van der Waals surface area contributed by atoms with Gasteiger partial charge in [0.1, 0.15) is 11.6 Å². The maximum absolute atomic E-state index is 13.4. The summed E-state index contributed by atoms with van der Waals surface area (Å²) in [5.41, 5.74) is 6.55. The molecule has 10 rings (SSSR count). The molecule has 0 aliphatic carbocycles. The second-order valence-corrected chi connectivity index (χ2v) is 19.7. The molecule has 0 aliphatic rings. The van der Waals surface area contributed by atoms with Gasteiger partial charge in [-0.15, -0.1) is 68.0 Å². The van der Waals surface area contributed by atoms with Crippen LogP contribution in [0.4, 0.5) is 8.78 Å². The smallest absolute Gasteiger partial charge is 0.123 e. The first-order valence-electron chi connectivity index (χ1n) is 17.8. The van der Waals surface area contributed by atoms with Gasteiger partial charge in [-0.05, 0) is 130 Å². The van der Waals surface area contributed by atoms with E-state index in [1.807, 2.05) is 92.3 Å². The van der Waals surface area contributed by atoms with Crippen molar-refractivity contribution >= 4 is 68.0 Å². The maximum Gasteiger partial charge on any atom is 0.123 e. The normalized spacial score (nSPS) is 11.4. The zero-order valence-electron chi connectivity index (χ0n) is 29.4. The lowest BCUT2D eigenvalue weighted by Gasteiger charge is -2.03. The molecule has 10 aromatic rings. The van der Waals surface area contributed by atoms with E-state index in [0.29, 0.717) is 0 Å². The highest BCUT2D eigenvalue weighted by Crippen LogP contribution is 2.47. The molecule has 56 heavy (non-hydrogen) atoms. The Morgan fingerprint density at radius 2 is 0.339 bits per heavy atom. The highest BCUT2D eigenvalue weighted by atomic mass is 32.1. The summed E-state index contributed by atoms with van der Waals surface area (Å²) in [6, 6.07) is 57.2. The maximum atomic E-state index is 13.4. The Morgan fingerprint density at radius 1 is 0.179 bits per heavy atom. The van der Waals surface area contributed by atoms with Crippen LogP contribution in [0.15, 0.2) is 170 Å². The molecule has 0 unspecified atom stereocenters. The lowest BCUT2D eigenvalue weighted by Crippen LogP contribution is -1.79. The predicted octanol–water partition coefficient (Wildman–Crippen LogP) is 17.3. The Balaban J connectivity index is 0.804. The summed E-state index contributed by atoms with van der Waals surface area (Å²) in [4.78, 5) is 15.3. The van der Waals surface area contributed by atoms with Crippen molar-refractivity contribution in [1.29, 1.82) is 0 Å². The van der Waals surface area contributed by atoms with Crippen LogP contribution in [0.5, 0.6) is 0 Å². The van der Waals surface area contributed by atoms with E-state index in [1.54, 1.807) is 0 Å². The van der Waals surface area contributed by atoms with Crippen LogP contribution in [-0.2, 0) is 0 Å². The van der Waals surface area contributed by atoms with Gasteiger partial charge in [0.2, 0.25) is 0 Å². The summed E-state index contributed by atoms with van der Waals surface area (Å²) in [6.45, 7) is 0. The highest BCUT2D eigenvalue weighted by Gasteiger charge is 2.15. The minimum absolute atomic E-state index is 0.218. The fourth-order valence-corrected chi connectivity index (χ4v) is 13.1. The molecule has 6 aromatic heterocycles. The van der Waals surface area contributed by atoms with Gasteiger partial charge in [0.25, 0.3) is 0 Å². The SMILES string of the molecule is Fc1ccc(-c2ccc(-c3ccc(-c4ccc(-c5ccc(-c6ccc(-c7ccc(-c8ccc(-c9ccc(-c%10ccc(F)cc%10)cc9)s8)s7)s6)s5)s4)s3)cc2)cc1. The summed E-state index contributed by atoms with van der Waals surface area (Å²) >= 11 is 11.0. The third-order valence-electron chi connectivity index (χ3n) is 9.54. The Bertz CT molecular complexity index is 2710. The molecule has 8 heteroatoms. The molecule has 0 amide bonds. The van der Waals surface area contributed by atoms with Crippen molar-refractivity contribution in [3.63, 3.8) is 0 Å². The fourth-order valence-electron chi connectivity index (χ4n) is 6.60. The zero-order valence-corrected chi connectivity index (χ0v) is 34.3. The highest BCUT2D eigenvalue weighted by molar-refractivity contribution is 7.30. The van der Waals surface area contributed by atoms with Crippen LogP contribution in [0, 0.1) is 11.6 Å². The number of halogens is 2. The molecule has 0 saturated heterocycles. The van der Waals surface area contributed by atoms with Gasteiger partial charge >= 0.3 is 0 Å². The van der Waals surface area contributed by atoms with Crippen LogP contribution in [-0.4, -0.2) is 0 Å². The molecule has 4 aromatic carbocycles. The quantitative estimate of drug-likeness (QED) is 0.136. The van der Waals surface area contributed by atoms with Gasteiger partial charge in [0.05, 0.1) is 0 Å². The molecule has 270 valence electrons. The van der Waals surface area contributed by atoms with E-state index < -0.39 is 0 Å². The van der Waals surface area contributed by atoms with E-state index in [1.165, 1.54) is 93.9 Å².